The van der Waals surface area contributed by atoms with Crippen molar-refractivity contribution in [2.75, 3.05) is 11.5 Å². The van der Waals surface area contributed by atoms with Crippen LogP contribution in [0.25, 0.3) is 0 Å². The van der Waals surface area contributed by atoms with Crippen molar-refractivity contribution >= 4 is 16.5 Å². The summed E-state index contributed by atoms with van der Waals surface area (Å²) < 4.78 is 14.0. The SMILES string of the molecule is Cc1c(N)cccc1S(=O)CCc1cnn(C)c1. The summed E-state index contributed by atoms with van der Waals surface area (Å²) >= 11 is 0. The van der Waals surface area contributed by atoms with Crippen LogP contribution in [0.1, 0.15) is 11.1 Å². The normalized spacial score (nSPS) is 12.6. The van der Waals surface area contributed by atoms with Crippen LogP contribution in [0.15, 0.2) is 35.5 Å². The lowest BCUT2D eigenvalue weighted by Gasteiger charge is -2.07. The number of benzene rings is 1. The topological polar surface area (TPSA) is 60.9 Å². The second-order valence-corrected chi connectivity index (χ2v) is 5.83. The molecule has 1 atom stereocenters. The Bertz CT molecular complexity index is 577. The van der Waals surface area contributed by atoms with Crippen molar-refractivity contribution in [3.8, 4) is 0 Å². The lowest BCUT2D eigenvalue weighted by molar-refractivity contribution is 0.682. The molecule has 1 unspecified atom stereocenters. The summed E-state index contributed by atoms with van der Waals surface area (Å²) in [4.78, 5) is 0.832. The van der Waals surface area contributed by atoms with Gasteiger partial charge < -0.3 is 5.73 Å². The van der Waals surface area contributed by atoms with Crippen LogP contribution in [0.5, 0.6) is 0 Å². The van der Waals surface area contributed by atoms with E-state index < -0.39 is 10.8 Å². The molecule has 1 heterocycles. The second kappa shape index (κ2) is 5.35. The molecule has 2 N–H and O–H groups in total. The Labute approximate surface area is 109 Å². The number of hydrogen-bond acceptors (Lipinski definition) is 3. The third-order valence-corrected chi connectivity index (χ3v) is 4.41. The molecule has 0 saturated carbocycles. The quantitative estimate of drug-likeness (QED) is 0.853. The molecule has 18 heavy (non-hydrogen) atoms. The number of nitrogen functional groups attached to an aromatic ring is 1. The van der Waals surface area contributed by atoms with Crippen molar-refractivity contribution < 1.29 is 4.21 Å². The van der Waals surface area contributed by atoms with Gasteiger partial charge in [0.15, 0.2) is 0 Å². The molecule has 0 bridgehead atoms. The predicted molar refractivity (Wildman–Crippen MR) is 73.8 cm³/mol. The summed E-state index contributed by atoms with van der Waals surface area (Å²) in [5.74, 6) is 0.593. The van der Waals surface area contributed by atoms with Crippen LogP contribution in [-0.2, 0) is 24.3 Å². The summed E-state index contributed by atoms with van der Waals surface area (Å²) in [5.41, 5.74) is 8.54. The Morgan fingerprint density at radius 2 is 2.22 bits per heavy atom. The molecule has 0 aliphatic rings. The number of nitrogens with two attached hydrogens (primary N) is 1. The highest BCUT2D eigenvalue weighted by molar-refractivity contribution is 7.85. The summed E-state index contributed by atoms with van der Waals surface area (Å²) in [5, 5.41) is 4.10. The maximum atomic E-state index is 12.2. The van der Waals surface area contributed by atoms with E-state index in [1.165, 1.54) is 0 Å². The first-order valence-corrected chi connectivity index (χ1v) is 7.11. The first-order valence-electron chi connectivity index (χ1n) is 5.79. The lowest BCUT2D eigenvalue weighted by Crippen LogP contribution is -2.04. The number of aromatic nitrogens is 2. The highest BCUT2D eigenvalue weighted by Crippen LogP contribution is 2.19. The average Bonchev–Trinajstić information content (AvgIpc) is 2.76. The van der Waals surface area contributed by atoms with Gasteiger partial charge in [0, 0.05) is 29.6 Å². The van der Waals surface area contributed by atoms with E-state index in [1.807, 2.05) is 44.6 Å². The van der Waals surface area contributed by atoms with Crippen LogP contribution in [0.4, 0.5) is 5.69 Å². The van der Waals surface area contributed by atoms with Gasteiger partial charge >= 0.3 is 0 Å². The van der Waals surface area contributed by atoms with Crippen LogP contribution in [-0.4, -0.2) is 19.7 Å². The smallest absolute Gasteiger partial charge is 0.0536 e. The number of hydrogen-bond donors (Lipinski definition) is 1. The minimum atomic E-state index is -1.01. The fourth-order valence-electron chi connectivity index (χ4n) is 1.80. The fourth-order valence-corrected chi connectivity index (χ4v) is 3.13. The minimum absolute atomic E-state index is 0.593. The summed E-state index contributed by atoms with van der Waals surface area (Å²) in [6.07, 6.45) is 4.52. The predicted octanol–water partition coefficient (Wildman–Crippen LogP) is 1.66. The van der Waals surface area contributed by atoms with Gasteiger partial charge in [-0.3, -0.25) is 8.89 Å². The molecule has 2 rings (SSSR count). The molecule has 0 fully saturated rings. The van der Waals surface area contributed by atoms with Crippen molar-refractivity contribution in [1.29, 1.82) is 0 Å². The zero-order chi connectivity index (χ0) is 13.1. The fraction of sp³-hybridized carbons (Fsp3) is 0.308. The van der Waals surface area contributed by atoms with Crippen LogP contribution < -0.4 is 5.73 Å². The molecule has 96 valence electrons. The number of rotatable bonds is 4. The molecule has 2 aromatic rings. The van der Waals surface area contributed by atoms with Crippen LogP contribution in [0.2, 0.25) is 0 Å². The van der Waals surface area contributed by atoms with E-state index in [0.29, 0.717) is 11.4 Å². The molecule has 0 amide bonds. The van der Waals surface area contributed by atoms with Crippen LogP contribution in [0, 0.1) is 6.92 Å². The van der Waals surface area contributed by atoms with Crippen molar-refractivity contribution in [3.05, 3.63) is 41.7 Å². The van der Waals surface area contributed by atoms with E-state index in [9.17, 15) is 4.21 Å². The Kier molecular flexibility index (Phi) is 3.81. The van der Waals surface area contributed by atoms with Crippen molar-refractivity contribution in [2.24, 2.45) is 7.05 Å². The van der Waals surface area contributed by atoms with E-state index in [-0.39, 0.29) is 0 Å². The van der Waals surface area contributed by atoms with Gasteiger partial charge in [0.1, 0.15) is 0 Å². The summed E-state index contributed by atoms with van der Waals surface area (Å²) in [6.45, 7) is 1.91. The second-order valence-electron chi connectivity index (χ2n) is 4.29. The van der Waals surface area contributed by atoms with E-state index in [1.54, 1.807) is 4.68 Å². The molecule has 1 aromatic heterocycles. The maximum Gasteiger partial charge on any atom is 0.0536 e. The first-order chi connectivity index (χ1) is 8.58. The van der Waals surface area contributed by atoms with Gasteiger partial charge in [-0.25, -0.2) is 0 Å². The molecule has 0 aliphatic carbocycles. The zero-order valence-electron chi connectivity index (χ0n) is 10.6. The van der Waals surface area contributed by atoms with Gasteiger partial charge in [-0.05, 0) is 36.6 Å². The molecule has 0 aliphatic heterocycles. The highest BCUT2D eigenvalue weighted by atomic mass is 32.2. The number of anilines is 1. The van der Waals surface area contributed by atoms with Crippen molar-refractivity contribution in [2.45, 2.75) is 18.2 Å². The first kappa shape index (κ1) is 12.8. The van der Waals surface area contributed by atoms with Gasteiger partial charge in [0.05, 0.1) is 17.0 Å². The number of nitrogens with zero attached hydrogens (tertiary/aromatic N) is 2. The molecule has 0 radical (unpaired) electrons. The average molecular weight is 263 g/mol. The standard InChI is InChI=1S/C13H17N3OS/c1-10-12(14)4-3-5-13(10)18(17)7-6-11-8-15-16(2)9-11/h3-5,8-9H,6-7,14H2,1-2H3. The maximum absolute atomic E-state index is 12.2. The highest BCUT2D eigenvalue weighted by Gasteiger charge is 2.09. The van der Waals surface area contributed by atoms with Crippen LogP contribution >= 0.6 is 0 Å². The van der Waals surface area contributed by atoms with Gasteiger partial charge in [0.25, 0.3) is 0 Å². The van der Waals surface area contributed by atoms with Gasteiger partial charge in [0.2, 0.25) is 0 Å². The molecular formula is C13H17N3OS. The molecule has 1 aromatic carbocycles. The summed E-state index contributed by atoms with van der Waals surface area (Å²) in [7, 11) is 0.864. The molecule has 4 nitrogen and oxygen atoms in total. The van der Waals surface area contributed by atoms with Gasteiger partial charge in [-0.1, -0.05) is 6.07 Å². The third kappa shape index (κ3) is 2.79. The van der Waals surface area contributed by atoms with E-state index in [2.05, 4.69) is 5.10 Å². The van der Waals surface area contributed by atoms with Gasteiger partial charge in [-0.2, -0.15) is 5.10 Å². The molecule has 0 spiro atoms. The molecule has 5 heteroatoms. The third-order valence-electron chi connectivity index (χ3n) is 2.91. The number of aryl methyl sites for hydroxylation is 2. The Balaban J connectivity index is 2.06. The zero-order valence-corrected chi connectivity index (χ0v) is 11.4. The van der Waals surface area contributed by atoms with Crippen LogP contribution in [0.3, 0.4) is 0 Å². The molecular weight excluding hydrogens is 246 g/mol. The minimum Gasteiger partial charge on any atom is -0.398 e. The lowest BCUT2D eigenvalue weighted by atomic mass is 10.2. The van der Waals surface area contributed by atoms with Gasteiger partial charge in [-0.15, -0.1) is 0 Å². The largest absolute Gasteiger partial charge is 0.398 e. The Hall–Kier alpha value is -1.62. The Morgan fingerprint density at radius 1 is 1.44 bits per heavy atom. The molecule has 0 saturated heterocycles. The van der Waals surface area contributed by atoms with E-state index in [4.69, 9.17) is 5.73 Å². The monoisotopic (exact) mass is 263 g/mol. The summed E-state index contributed by atoms with van der Waals surface area (Å²) in [6, 6.07) is 5.56. The van der Waals surface area contributed by atoms with E-state index >= 15 is 0 Å². The van der Waals surface area contributed by atoms with Crippen molar-refractivity contribution in [3.63, 3.8) is 0 Å². The van der Waals surface area contributed by atoms with Crippen molar-refractivity contribution in [1.82, 2.24) is 9.78 Å². The Morgan fingerprint density at radius 3 is 2.89 bits per heavy atom. The van der Waals surface area contributed by atoms with E-state index in [0.717, 1.165) is 22.4 Å².